The third-order valence-corrected chi connectivity index (χ3v) is 11.9. The van der Waals surface area contributed by atoms with Crippen LogP contribution in [0, 0.1) is 22.7 Å². The summed E-state index contributed by atoms with van der Waals surface area (Å²) >= 11 is 0. The molecule has 0 aliphatic heterocycles. The van der Waals surface area contributed by atoms with Crippen LogP contribution in [0.5, 0.6) is 0 Å². The summed E-state index contributed by atoms with van der Waals surface area (Å²) in [6.45, 7) is 18.0. The van der Waals surface area contributed by atoms with Crippen LogP contribution >= 0.6 is 0 Å². The molecule has 0 rings (SSSR count). The zero-order valence-electron chi connectivity index (χ0n) is 18.0. The Kier molecular flexibility index (Phi) is 10.1. The van der Waals surface area contributed by atoms with Gasteiger partial charge in [0, 0.05) is 10.4 Å². The van der Waals surface area contributed by atoms with Crippen LogP contribution in [0.4, 0.5) is 0 Å². The van der Waals surface area contributed by atoms with E-state index in [1.54, 1.807) is 26.0 Å². The van der Waals surface area contributed by atoms with Crippen molar-refractivity contribution in [2.24, 2.45) is 0 Å². The van der Waals surface area contributed by atoms with E-state index in [1.165, 1.54) is 24.3 Å². The minimum Gasteiger partial charge on any atom is -0.449 e. The van der Waals surface area contributed by atoms with E-state index >= 15 is 0 Å². The monoisotopic (exact) mass is 424 g/mol. The van der Waals surface area contributed by atoms with Crippen LogP contribution in [0.25, 0.3) is 0 Å². The molecular weight excluding hydrogens is 396 g/mol. The maximum atomic E-state index is 12.9. The number of nitriles is 2. The topological polar surface area (TPSA) is 90.9 Å². The van der Waals surface area contributed by atoms with Gasteiger partial charge in [0.1, 0.15) is 12.1 Å². The Hall–Kier alpha value is -2.85. The molecule has 0 aromatic rings. The number of ketones is 2. The number of carbonyl (C=O) groups excluding carboxylic acids is 2. The highest BCUT2D eigenvalue weighted by Gasteiger charge is 2.42. The fourth-order valence-corrected chi connectivity index (χ4v) is 11.8. The third kappa shape index (κ3) is 6.61. The number of allylic oxidation sites excluding steroid dienone is 10. The van der Waals surface area contributed by atoms with Crippen molar-refractivity contribution >= 4 is 28.2 Å². The molecule has 29 heavy (non-hydrogen) atoms. The van der Waals surface area contributed by atoms with Gasteiger partial charge in [0.05, 0.1) is 11.1 Å². The number of hydrogen-bond donors (Lipinski definition) is 0. The maximum absolute atomic E-state index is 12.9. The second-order valence-electron chi connectivity index (χ2n) is 7.04. The summed E-state index contributed by atoms with van der Waals surface area (Å²) in [5.41, 5.74) is -0.0282. The Morgan fingerprint density at radius 2 is 1.10 bits per heavy atom. The predicted octanol–water partition coefficient (Wildman–Crippen LogP) is 4.79. The van der Waals surface area contributed by atoms with Gasteiger partial charge in [-0.3, -0.25) is 9.59 Å². The van der Waals surface area contributed by atoms with Crippen molar-refractivity contribution < 1.29 is 13.7 Å². The standard InChI is InChI=1S/C22H28N2O3Si2/c1-9-13-17(15-23)21(25)19(11-3)28(5,6)27-29(7,8)20(12-4)22(26)18(16-24)14-10-2/h9-14H,1-2H2,3-8H3/b17-13+,18-14+,19-11-,20-12-. The summed E-state index contributed by atoms with van der Waals surface area (Å²) < 4.78 is 6.49. The van der Waals surface area contributed by atoms with E-state index in [4.69, 9.17) is 4.12 Å². The molecule has 0 spiro atoms. The van der Waals surface area contributed by atoms with Gasteiger partial charge in [0.25, 0.3) is 0 Å². The largest absolute Gasteiger partial charge is 0.449 e. The second kappa shape index (κ2) is 11.2. The minimum absolute atomic E-state index is 0.0141. The molecule has 0 radical (unpaired) electrons. The molecule has 0 atom stereocenters. The third-order valence-electron chi connectivity index (χ3n) is 4.17. The number of hydrogen-bond acceptors (Lipinski definition) is 5. The summed E-state index contributed by atoms with van der Waals surface area (Å²) in [7, 11) is -5.59. The van der Waals surface area contributed by atoms with E-state index < -0.39 is 28.2 Å². The summed E-state index contributed by atoms with van der Waals surface area (Å²) in [5, 5.41) is 19.4. The average molecular weight is 425 g/mol. The van der Waals surface area contributed by atoms with Crippen molar-refractivity contribution in [2.75, 3.05) is 0 Å². The second-order valence-corrected chi connectivity index (χ2v) is 15.0. The SMILES string of the molecule is C=C/C=C(\C#N)C(=O)/C(=C/C)[Si](C)(C)O[Si](C)(C)/C(=C\C)C(=O)/C(C#N)=C/C=C. The highest BCUT2D eigenvalue weighted by molar-refractivity contribution is 6.95. The van der Waals surface area contributed by atoms with Crippen LogP contribution in [-0.4, -0.2) is 28.2 Å². The van der Waals surface area contributed by atoms with Crippen molar-refractivity contribution in [3.05, 3.63) is 71.2 Å². The molecule has 0 heterocycles. The van der Waals surface area contributed by atoms with Gasteiger partial charge in [-0.2, -0.15) is 10.5 Å². The van der Waals surface area contributed by atoms with Gasteiger partial charge in [-0.05, 0) is 52.2 Å². The normalized spacial score (nSPS) is 13.9. The van der Waals surface area contributed by atoms with Crippen molar-refractivity contribution in [1.82, 2.24) is 0 Å². The van der Waals surface area contributed by atoms with E-state index in [2.05, 4.69) is 13.2 Å². The number of carbonyl (C=O) groups is 2. The van der Waals surface area contributed by atoms with E-state index in [-0.39, 0.29) is 11.1 Å². The van der Waals surface area contributed by atoms with Gasteiger partial charge in [-0.1, -0.05) is 37.5 Å². The fraction of sp³-hybridized carbons (Fsp3) is 0.273. The molecule has 0 aromatic carbocycles. The lowest BCUT2D eigenvalue weighted by molar-refractivity contribution is -0.112. The Bertz CT molecular complexity index is 831. The molecule has 0 saturated carbocycles. The Morgan fingerprint density at radius 3 is 1.31 bits per heavy atom. The van der Waals surface area contributed by atoms with E-state index in [0.29, 0.717) is 10.4 Å². The number of nitrogens with zero attached hydrogens (tertiary/aromatic N) is 2. The number of Topliss-reactive ketones (excluding diaryl/α,β-unsaturated/α-hetero) is 2. The lowest BCUT2D eigenvalue weighted by Crippen LogP contribution is -2.50. The first-order valence-corrected chi connectivity index (χ1v) is 14.9. The molecule has 0 aromatic heterocycles. The first kappa shape index (κ1) is 26.2. The van der Waals surface area contributed by atoms with Gasteiger partial charge in [-0.25, -0.2) is 0 Å². The molecule has 0 aliphatic carbocycles. The fourth-order valence-electron chi connectivity index (χ4n) is 3.11. The molecule has 0 fully saturated rings. The summed E-state index contributed by atoms with van der Waals surface area (Å²) in [6, 6.07) is 3.80. The minimum atomic E-state index is -2.80. The lowest BCUT2D eigenvalue weighted by Gasteiger charge is -2.36. The van der Waals surface area contributed by atoms with Gasteiger partial charge >= 0.3 is 0 Å². The molecule has 0 amide bonds. The molecular formula is C22H28N2O3Si2. The molecule has 0 aliphatic rings. The van der Waals surface area contributed by atoms with Crippen LogP contribution in [0.15, 0.2) is 71.2 Å². The molecule has 0 saturated heterocycles. The van der Waals surface area contributed by atoms with Gasteiger partial charge in [-0.15, -0.1) is 0 Å². The zero-order chi connectivity index (χ0) is 22.8. The first-order chi connectivity index (χ1) is 13.5. The van der Waals surface area contributed by atoms with Gasteiger partial charge in [0.15, 0.2) is 11.6 Å². The van der Waals surface area contributed by atoms with Crippen LogP contribution in [0.3, 0.4) is 0 Å². The maximum Gasteiger partial charge on any atom is 0.209 e. The van der Waals surface area contributed by atoms with Crippen LogP contribution in [-0.2, 0) is 13.7 Å². The van der Waals surface area contributed by atoms with Crippen LogP contribution < -0.4 is 0 Å². The lowest BCUT2D eigenvalue weighted by atomic mass is 10.1. The van der Waals surface area contributed by atoms with Crippen molar-refractivity contribution in [1.29, 1.82) is 10.5 Å². The zero-order valence-corrected chi connectivity index (χ0v) is 20.0. The van der Waals surface area contributed by atoms with Gasteiger partial charge in [0.2, 0.25) is 16.6 Å². The summed E-state index contributed by atoms with van der Waals surface area (Å²) in [5.74, 6) is -0.789. The van der Waals surface area contributed by atoms with E-state index in [9.17, 15) is 20.1 Å². The van der Waals surface area contributed by atoms with Crippen LogP contribution in [0.1, 0.15) is 13.8 Å². The molecule has 0 unspecified atom stereocenters. The number of rotatable bonds is 10. The predicted molar refractivity (Wildman–Crippen MR) is 121 cm³/mol. The first-order valence-electron chi connectivity index (χ1n) is 9.06. The molecule has 152 valence electrons. The quantitative estimate of drug-likeness (QED) is 0.217. The Balaban J connectivity index is 6.12. The van der Waals surface area contributed by atoms with Crippen molar-refractivity contribution in [2.45, 2.75) is 40.0 Å². The highest BCUT2D eigenvalue weighted by atomic mass is 28.4. The average Bonchev–Trinajstić information content (AvgIpc) is 2.63. The smallest absolute Gasteiger partial charge is 0.209 e. The summed E-state index contributed by atoms with van der Waals surface area (Å²) in [6.07, 6.45) is 8.87. The van der Waals surface area contributed by atoms with Crippen LogP contribution in [0.2, 0.25) is 26.2 Å². The Morgan fingerprint density at radius 1 is 0.793 bits per heavy atom. The van der Waals surface area contributed by atoms with Crippen molar-refractivity contribution in [3.8, 4) is 12.1 Å². The van der Waals surface area contributed by atoms with Gasteiger partial charge < -0.3 is 4.12 Å². The Labute approximate surface area is 175 Å². The molecule has 5 nitrogen and oxygen atoms in total. The van der Waals surface area contributed by atoms with E-state index in [0.717, 1.165) is 0 Å². The molecule has 0 bridgehead atoms. The van der Waals surface area contributed by atoms with Crippen molar-refractivity contribution in [3.63, 3.8) is 0 Å². The summed E-state index contributed by atoms with van der Waals surface area (Å²) in [4.78, 5) is 25.7. The van der Waals surface area contributed by atoms with E-state index in [1.807, 2.05) is 38.3 Å². The molecule has 7 heteroatoms. The molecule has 0 N–H and O–H groups in total. The highest BCUT2D eigenvalue weighted by Crippen LogP contribution is 2.29.